The highest BCUT2D eigenvalue weighted by molar-refractivity contribution is 5.87. The van der Waals surface area contributed by atoms with Gasteiger partial charge in [0, 0.05) is 18.7 Å². The Morgan fingerprint density at radius 1 is 1.47 bits per heavy atom. The molecule has 4 heteroatoms. The zero-order valence-electron chi connectivity index (χ0n) is 11.5. The van der Waals surface area contributed by atoms with E-state index >= 15 is 0 Å². The van der Waals surface area contributed by atoms with Crippen molar-refractivity contribution in [2.75, 3.05) is 20.2 Å². The summed E-state index contributed by atoms with van der Waals surface area (Å²) in [5.74, 6) is -0.318. The van der Waals surface area contributed by atoms with Gasteiger partial charge in [-0.15, -0.1) is 0 Å². The number of carbonyl (C=O) groups excluding carboxylic acids is 1. The third-order valence-corrected chi connectivity index (χ3v) is 2.29. The van der Waals surface area contributed by atoms with Crippen molar-refractivity contribution in [3.05, 3.63) is 11.6 Å². The summed E-state index contributed by atoms with van der Waals surface area (Å²) >= 11 is 0. The monoisotopic (exact) mass is 243 g/mol. The predicted octanol–water partition coefficient (Wildman–Crippen LogP) is 1.49. The molecule has 1 unspecified atom stereocenters. The standard InChI is InChI=1S/C13H25NO3/c1-10(12(16)17-5)6-7-14-9-11(15)8-13(2,3)4/h6,11,14-15H,7-9H2,1-5H3. The van der Waals surface area contributed by atoms with E-state index in [1.807, 2.05) is 0 Å². The Morgan fingerprint density at radius 2 is 2.06 bits per heavy atom. The van der Waals surface area contributed by atoms with E-state index in [4.69, 9.17) is 0 Å². The van der Waals surface area contributed by atoms with E-state index in [1.165, 1.54) is 7.11 Å². The lowest BCUT2D eigenvalue weighted by Gasteiger charge is -2.22. The average molecular weight is 243 g/mol. The van der Waals surface area contributed by atoms with Crippen molar-refractivity contribution in [1.82, 2.24) is 5.32 Å². The molecule has 4 nitrogen and oxygen atoms in total. The summed E-state index contributed by atoms with van der Waals surface area (Å²) in [5, 5.41) is 12.8. The van der Waals surface area contributed by atoms with Gasteiger partial charge < -0.3 is 15.2 Å². The minimum absolute atomic E-state index is 0.124. The van der Waals surface area contributed by atoms with E-state index in [1.54, 1.807) is 13.0 Å². The summed E-state index contributed by atoms with van der Waals surface area (Å²) in [5.41, 5.74) is 0.698. The molecule has 0 spiro atoms. The number of hydrogen-bond donors (Lipinski definition) is 2. The lowest BCUT2D eigenvalue weighted by molar-refractivity contribution is -0.136. The van der Waals surface area contributed by atoms with Gasteiger partial charge in [-0.3, -0.25) is 0 Å². The molecule has 0 bridgehead atoms. The summed E-state index contributed by atoms with van der Waals surface area (Å²) in [6.07, 6.45) is 2.15. The van der Waals surface area contributed by atoms with E-state index in [2.05, 4.69) is 30.8 Å². The second-order valence-electron chi connectivity index (χ2n) is 5.46. The average Bonchev–Trinajstić information content (AvgIpc) is 2.20. The van der Waals surface area contributed by atoms with Gasteiger partial charge in [0.1, 0.15) is 0 Å². The van der Waals surface area contributed by atoms with Crippen LogP contribution in [0.4, 0.5) is 0 Å². The molecule has 0 aromatic carbocycles. The molecule has 0 aliphatic carbocycles. The summed E-state index contributed by atoms with van der Waals surface area (Å²) in [6.45, 7) is 9.08. The highest BCUT2D eigenvalue weighted by Gasteiger charge is 2.15. The van der Waals surface area contributed by atoms with Gasteiger partial charge in [0.05, 0.1) is 13.2 Å². The first-order valence-corrected chi connectivity index (χ1v) is 5.90. The van der Waals surface area contributed by atoms with Crippen LogP contribution < -0.4 is 5.32 Å². The van der Waals surface area contributed by atoms with Crippen molar-refractivity contribution in [3.63, 3.8) is 0 Å². The maximum Gasteiger partial charge on any atom is 0.333 e. The lowest BCUT2D eigenvalue weighted by Crippen LogP contribution is -2.30. The topological polar surface area (TPSA) is 58.6 Å². The molecule has 0 saturated carbocycles. The molecular formula is C13H25NO3. The van der Waals surface area contributed by atoms with Crippen molar-refractivity contribution in [3.8, 4) is 0 Å². The molecule has 0 heterocycles. The van der Waals surface area contributed by atoms with Gasteiger partial charge >= 0.3 is 5.97 Å². The fourth-order valence-electron chi connectivity index (χ4n) is 1.50. The summed E-state index contributed by atoms with van der Waals surface area (Å²) in [7, 11) is 1.36. The molecule has 0 saturated heterocycles. The Labute approximate surface area is 104 Å². The van der Waals surface area contributed by atoms with Crippen LogP contribution in [0.5, 0.6) is 0 Å². The molecule has 1 atom stereocenters. The molecule has 0 amide bonds. The maximum absolute atomic E-state index is 11.1. The number of aliphatic hydroxyl groups is 1. The molecule has 0 aromatic rings. The van der Waals surface area contributed by atoms with Gasteiger partial charge in [-0.25, -0.2) is 4.79 Å². The van der Waals surface area contributed by atoms with E-state index in [0.29, 0.717) is 18.7 Å². The molecule has 100 valence electrons. The van der Waals surface area contributed by atoms with E-state index in [-0.39, 0.29) is 17.5 Å². The maximum atomic E-state index is 11.1. The van der Waals surface area contributed by atoms with Crippen LogP contribution in [0, 0.1) is 5.41 Å². The van der Waals surface area contributed by atoms with Crippen LogP contribution >= 0.6 is 0 Å². The molecule has 0 rings (SSSR count). The Bertz CT molecular complexity index is 266. The zero-order chi connectivity index (χ0) is 13.5. The predicted molar refractivity (Wildman–Crippen MR) is 68.7 cm³/mol. The number of hydrogen-bond acceptors (Lipinski definition) is 4. The Balaban J connectivity index is 3.82. The van der Waals surface area contributed by atoms with Gasteiger partial charge in [0.25, 0.3) is 0 Å². The van der Waals surface area contributed by atoms with Crippen molar-refractivity contribution >= 4 is 5.97 Å². The number of ether oxygens (including phenoxy) is 1. The van der Waals surface area contributed by atoms with Crippen molar-refractivity contribution < 1.29 is 14.6 Å². The van der Waals surface area contributed by atoms with Crippen LogP contribution in [0.1, 0.15) is 34.1 Å². The highest BCUT2D eigenvalue weighted by atomic mass is 16.5. The van der Waals surface area contributed by atoms with Crippen LogP contribution in [0.2, 0.25) is 0 Å². The molecule has 2 N–H and O–H groups in total. The number of aliphatic hydroxyl groups excluding tert-OH is 1. The molecule has 0 aliphatic rings. The normalized spacial score (nSPS) is 14.6. The first kappa shape index (κ1) is 16.1. The fourth-order valence-corrected chi connectivity index (χ4v) is 1.50. The third-order valence-electron chi connectivity index (χ3n) is 2.29. The summed E-state index contributed by atoms with van der Waals surface area (Å²) in [6, 6.07) is 0. The highest BCUT2D eigenvalue weighted by Crippen LogP contribution is 2.20. The third kappa shape index (κ3) is 8.89. The van der Waals surface area contributed by atoms with Crippen LogP contribution in [-0.4, -0.2) is 37.4 Å². The Hall–Kier alpha value is -0.870. The first-order chi connectivity index (χ1) is 7.76. The molecule has 17 heavy (non-hydrogen) atoms. The number of rotatable bonds is 6. The summed E-state index contributed by atoms with van der Waals surface area (Å²) in [4.78, 5) is 11.1. The van der Waals surface area contributed by atoms with Gasteiger partial charge in [0.2, 0.25) is 0 Å². The lowest BCUT2D eigenvalue weighted by atomic mass is 9.89. The van der Waals surface area contributed by atoms with Crippen LogP contribution in [0.15, 0.2) is 11.6 Å². The van der Waals surface area contributed by atoms with Crippen LogP contribution in [0.3, 0.4) is 0 Å². The van der Waals surface area contributed by atoms with Crippen LogP contribution in [0.25, 0.3) is 0 Å². The van der Waals surface area contributed by atoms with Gasteiger partial charge in [-0.2, -0.15) is 0 Å². The molecular weight excluding hydrogens is 218 g/mol. The van der Waals surface area contributed by atoms with Crippen molar-refractivity contribution in [2.45, 2.75) is 40.2 Å². The Kier molecular flexibility index (Phi) is 7.07. The van der Waals surface area contributed by atoms with E-state index in [0.717, 1.165) is 6.42 Å². The number of methoxy groups -OCH3 is 1. The quantitative estimate of drug-likeness (QED) is 0.421. The largest absolute Gasteiger partial charge is 0.466 e. The zero-order valence-corrected chi connectivity index (χ0v) is 11.5. The van der Waals surface area contributed by atoms with E-state index < -0.39 is 0 Å². The minimum Gasteiger partial charge on any atom is -0.466 e. The van der Waals surface area contributed by atoms with Gasteiger partial charge in [-0.05, 0) is 18.8 Å². The number of carbonyl (C=O) groups is 1. The minimum atomic E-state index is -0.359. The van der Waals surface area contributed by atoms with Gasteiger partial charge in [0.15, 0.2) is 0 Å². The fraction of sp³-hybridized carbons (Fsp3) is 0.769. The van der Waals surface area contributed by atoms with E-state index in [9.17, 15) is 9.90 Å². The van der Waals surface area contributed by atoms with Gasteiger partial charge in [-0.1, -0.05) is 26.8 Å². The molecule has 0 aliphatic heterocycles. The molecule has 0 fully saturated rings. The smallest absolute Gasteiger partial charge is 0.333 e. The molecule has 0 aromatic heterocycles. The molecule has 0 radical (unpaired) electrons. The van der Waals surface area contributed by atoms with Crippen molar-refractivity contribution in [1.29, 1.82) is 0 Å². The van der Waals surface area contributed by atoms with Crippen molar-refractivity contribution in [2.24, 2.45) is 5.41 Å². The first-order valence-electron chi connectivity index (χ1n) is 5.90. The Morgan fingerprint density at radius 3 is 2.53 bits per heavy atom. The number of esters is 1. The second kappa shape index (κ2) is 7.45. The van der Waals surface area contributed by atoms with Crippen LogP contribution in [-0.2, 0) is 9.53 Å². The SMILES string of the molecule is COC(=O)C(C)=CCNCC(O)CC(C)(C)C. The second-order valence-corrected chi connectivity index (χ2v) is 5.46. The number of nitrogens with one attached hydrogen (secondary N) is 1. The summed E-state index contributed by atoms with van der Waals surface area (Å²) < 4.78 is 4.57.